The third-order valence-corrected chi connectivity index (χ3v) is 6.37. The standard InChI is InChI=1S/C28H41NO5/c1-8-10-11-12-13-23(34-21-16-14-20(15-17-21)28(3,4)9-2)27(30)29-26-24(32-6)18-22(31-5)19-25(26)33-7/h14-19,23H,8-13H2,1-7H3,(H,29,30). The Balaban J connectivity index is 2.26. The Morgan fingerprint density at radius 1 is 0.882 bits per heavy atom. The van der Waals surface area contributed by atoms with Gasteiger partial charge in [-0.2, -0.15) is 0 Å². The summed E-state index contributed by atoms with van der Waals surface area (Å²) >= 11 is 0. The fourth-order valence-electron chi connectivity index (χ4n) is 3.69. The molecule has 34 heavy (non-hydrogen) atoms. The molecule has 0 spiro atoms. The molecule has 0 saturated heterocycles. The van der Waals surface area contributed by atoms with Gasteiger partial charge in [-0.25, -0.2) is 0 Å². The fraction of sp³-hybridized carbons (Fsp3) is 0.536. The van der Waals surface area contributed by atoms with Gasteiger partial charge in [0.1, 0.15) is 28.7 Å². The zero-order chi connectivity index (χ0) is 25.1. The number of amides is 1. The van der Waals surface area contributed by atoms with Gasteiger partial charge in [-0.1, -0.05) is 59.1 Å². The van der Waals surface area contributed by atoms with E-state index in [-0.39, 0.29) is 11.3 Å². The van der Waals surface area contributed by atoms with Crippen LogP contribution >= 0.6 is 0 Å². The molecule has 1 atom stereocenters. The largest absolute Gasteiger partial charge is 0.496 e. The van der Waals surface area contributed by atoms with Gasteiger partial charge in [-0.05, 0) is 42.4 Å². The lowest BCUT2D eigenvalue weighted by molar-refractivity contribution is -0.123. The molecule has 1 amide bonds. The normalized spacial score (nSPS) is 12.1. The van der Waals surface area contributed by atoms with Crippen molar-refractivity contribution in [2.75, 3.05) is 26.6 Å². The molecule has 1 N–H and O–H groups in total. The maximum atomic E-state index is 13.4. The smallest absolute Gasteiger partial charge is 0.265 e. The number of methoxy groups -OCH3 is 3. The summed E-state index contributed by atoms with van der Waals surface area (Å²) in [5, 5.41) is 2.97. The van der Waals surface area contributed by atoms with Gasteiger partial charge in [0, 0.05) is 12.1 Å². The monoisotopic (exact) mass is 471 g/mol. The predicted octanol–water partition coefficient (Wildman–Crippen LogP) is 6.76. The number of nitrogens with one attached hydrogen (secondary N) is 1. The third kappa shape index (κ3) is 7.31. The maximum absolute atomic E-state index is 13.4. The van der Waals surface area contributed by atoms with Crippen LogP contribution in [0.3, 0.4) is 0 Å². The Kier molecular flexibility index (Phi) is 10.6. The van der Waals surface area contributed by atoms with Crippen LogP contribution < -0.4 is 24.3 Å². The van der Waals surface area contributed by atoms with Crippen molar-refractivity contribution in [1.29, 1.82) is 0 Å². The van der Waals surface area contributed by atoms with Crippen LogP contribution in [0.5, 0.6) is 23.0 Å². The average Bonchev–Trinajstić information content (AvgIpc) is 2.86. The minimum absolute atomic E-state index is 0.0942. The average molecular weight is 472 g/mol. The van der Waals surface area contributed by atoms with Crippen molar-refractivity contribution in [1.82, 2.24) is 0 Å². The molecule has 0 aromatic heterocycles. The second kappa shape index (κ2) is 13.1. The number of hydrogen-bond donors (Lipinski definition) is 1. The van der Waals surface area contributed by atoms with Crippen molar-refractivity contribution in [2.45, 2.75) is 77.7 Å². The van der Waals surface area contributed by atoms with E-state index >= 15 is 0 Å². The van der Waals surface area contributed by atoms with Crippen LogP contribution in [0.15, 0.2) is 36.4 Å². The quantitative estimate of drug-likeness (QED) is 0.309. The minimum Gasteiger partial charge on any atom is -0.496 e. The summed E-state index contributed by atoms with van der Waals surface area (Å²) in [6, 6.07) is 11.5. The van der Waals surface area contributed by atoms with E-state index in [1.807, 2.05) is 12.1 Å². The van der Waals surface area contributed by atoms with Crippen molar-refractivity contribution in [3.05, 3.63) is 42.0 Å². The van der Waals surface area contributed by atoms with Crippen LogP contribution in [0.25, 0.3) is 0 Å². The molecule has 0 saturated carbocycles. The predicted molar refractivity (Wildman–Crippen MR) is 138 cm³/mol. The molecular weight excluding hydrogens is 430 g/mol. The van der Waals surface area contributed by atoms with E-state index in [1.54, 1.807) is 33.5 Å². The highest BCUT2D eigenvalue weighted by Crippen LogP contribution is 2.39. The Morgan fingerprint density at radius 2 is 1.50 bits per heavy atom. The van der Waals surface area contributed by atoms with E-state index in [0.29, 0.717) is 35.1 Å². The SMILES string of the molecule is CCCCCCC(Oc1ccc(C(C)(C)CC)cc1)C(=O)Nc1c(OC)cc(OC)cc1OC. The van der Waals surface area contributed by atoms with E-state index in [0.717, 1.165) is 32.1 Å². The van der Waals surface area contributed by atoms with Crippen molar-refractivity contribution < 1.29 is 23.7 Å². The Hall–Kier alpha value is -2.89. The fourth-order valence-corrected chi connectivity index (χ4v) is 3.69. The number of benzene rings is 2. The van der Waals surface area contributed by atoms with Gasteiger partial charge < -0.3 is 24.3 Å². The molecule has 0 heterocycles. The molecule has 188 valence electrons. The molecule has 0 bridgehead atoms. The minimum atomic E-state index is -0.640. The first-order chi connectivity index (χ1) is 16.3. The van der Waals surface area contributed by atoms with Crippen LogP contribution in [0, 0.1) is 0 Å². The van der Waals surface area contributed by atoms with Crippen molar-refractivity contribution in [2.24, 2.45) is 0 Å². The highest BCUT2D eigenvalue weighted by molar-refractivity contribution is 5.97. The third-order valence-electron chi connectivity index (χ3n) is 6.37. The van der Waals surface area contributed by atoms with E-state index in [9.17, 15) is 4.79 Å². The molecule has 6 nitrogen and oxygen atoms in total. The number of carbonyl (C=O) groups is 1. The molecule has 6 heteroatoms. The molecule has 2 aromatic carbocycles. The van der Waals surface area contributed by atoms with Crippen LogP contribution in [-0.2, 0) is 10.2 Å². The van der Waals surface area contributed by atoms with Gasteiger partial charge in [-0.15, -0.1) is 0 Å². The Morgan fingerprint density at radius 3 is 2.00 bits per heavy atom. The molecular formula is C28H41NO5. The van der Waals surface area contributed by atoms with Gasteiger partial charge in [0.15, 0.2) is 6.10 Å². The second-order valence-electron chi connectivity index (χ2n) is 9.11. The van der Waals surface area contributed by atoms with Crippen molar-refractivity contribution >= 4 is 11.6 Å². The van der Waals surface area contributed by atoms with Crippen molar-refractivity contribution in [3.63, 3.8) is 0 Å². The second-order valence-corrected chi connectivity index (χ2v) is 9.11. The topological polar surface area (TPSA) is 66.0 Å². The number of anilines is 1. The van der Waals surface area contributed by atoms with Crippen LogP contribution in [0.1, 0.15) is 71.8 Å². The van der Waals surface area contributed by atoms with Gasteiger partial charge in [0.2, 0.25) is 0 Å². The van der Waals surface area contributed by atoms with E-state index in [4.69, 9.17) is 18.9 Å². The summed E-state index contributed by atoms with van der Waals surface area (Å²) < 4.78 is 22.5. The lowest BCUT2D eigenvalue weighted by Gasteiger charge is -2.24. The molecule has 0 aliphatic heterocycles. The zero-order valence-corrected chi connectivity index (χ0v) is 21.8. The summed E-state index contributed by atoms with van der Waals surface area (Å²) in [5.74, 6) is 1.94. The van der Waals surface area contributed by atoms with Gasteiger partial charge in [0.05, 0.1) is 21.3 Å². The number of ether oxygens (including phenoxy) is 4. The zero-order valence-electron chi connectivity index (χ0n) is 21.8. The summed E-state index contributed by atoms with van der Waals surface area (Å²) in [7, 11) is 4.66. The van der Waals surface area contributed by atoms with Gasteiger partial charge >= 0.3 is 0 Å². The van der Waals surface area contributed by atoms with E-state index < -0.39 is 6.10 Å². The van der Waals surface area contributed by atoms with Crippen LogP contribution in [0.4, 0.5) is 5.69 Å². The molecule has 2 rings (SSSR count). The van der Waals surface area contributed by atoms with Crippen molar-refractivity contribution in [3.8, 4) is 23.0 Å². The number of carbonyl (C=O) groups excluding carboxylic acids is 1. The first-order valence-corrected chi connectivity index (χ1v) is 12.2. The van der Waals surface area contributed by atoms with Crippen LogP contribution in [0.2, 0.25) is 0 Å². The van der Waals surface area contributed by atoms with E-state index in [1.165, 1.54) is 5.56 Å². The summed E-state index contributed by atoms with van der Waals surface area (Å²) in [6.45, 7) is 8.80. The lowest BCUT2D eigenvalue weighted by Crippen LogP contribution is -2.33. The molecule has 0 aliphatic rings. The Labute approximate surface area is 204 Å². The highest BCUT2D eigenvalue weighted by atomic mass is 16.5. The van der Waals surface area contributed by atoms with Gasteiger partial charge in [-0.3, -0.25) is 4.79 Å². The highest BCUT2D eigenvalue weighted by Gasteiger charge is 2.25. The summed E-state index contributed by atoms with van der Waals surface area (Å²) in [4.78, 5) is 13.4. The van der Waals surface area contributed by atoms with Crippen LogP contribution in [-0.4, -0.2) is 33.3 Å². The molecule has 2 aromatic rings. The molecule has 0 fully saturated rings. The number of hydrogen-bond acceptors (Lipinski definition) is 5. The first kappa shape index (κ1) is 27.4. The number of rotatable bonds is 14. The lowest BCUT2D eigenvalue weighted by atomic mass is 9.82. The molecule has 0 radical (unpaired) electrons. The molecule has 0 aliphatic carbocycles. The molecule has 1 unspecified atom stereocenters. The summed E-state index contributed by atoms with van der Waals surface area (Å²) in [6.07, 6.45) is 5.25. The first-order valence-electron chi connectivity index (χ1n) is 12.2. The summed E-state index contributed by atoms with van der Waals surface area (Å²) in [5.41, 5.74) is 1.80. The maximum Gasteiger partial charge on any atom is 0.265 e. The Bertz CT molecular complexity index is 883. The van der Waals surface area contributed by atoms with E-state index in [2.05, 4.69) is 45.1 Å². The number of unbranched alkanes of at least 4 members (excludes halogenated alkanes) is 3. The van der Waals surface area contributed by atoms with Gasteiger partial charge in [0.25, 0.3) is 5.91 Å².